The second kappa shape index (κ2) is 10.6. The molecule has 0 saturated heterocycles. The van der Waals surface area contributed by atoms with Gasteiger partial charge in [0.1, 0.15) is 0 Å². The van der Waals surface area contributed by atoms with E-state index in [-0.39, 0.29) is 12.4 Å². The monoisotopic (exact) mass is 321 g/mol. The van der Waals surface area contributed by atoms with Crippen LogP contribution in [0.15, 0.2) is 18.2 Å². The van der Waals surface area contributed by atoms with Crippen LogP contribution in [0, 0.1) is 6.92 Å². The maximum absolute atomic E-state index is 11.8. The number of nitrogens with one attached hydrogen (secondary N) is 1. The Balaban J connectivity index is 2.57. The molecule has 0 saturated carbocycles. The van der Waals surface area contributed by atoms with Crippen LogP contribution in [0.25, 0.3) is 0 Å². The molecule has 128 valence electrons. The van der Waals surface area contributed by atoms with Crippen molar-refractivity contribution in [3.05, 3.63) is 29.3 Å². The summed E-state index contributed by atoms with van der Waals surface area (Å²) in [5.74, 6) is -0.246. The molecule has 1 aromatic carbocycles. The second-order valence-corrected chi connectivity index (χ2v) is 5.51. The lowest BCUT2D eigenvalue weighted by Gasteiger charge is -2.10. The predicted molar refractivity (Wildman–Crippen MR) is 90.6 cm³/mol. The van der Waals surface area contributed by atoms with Crippen molar-refractivity contribution < 1.29 is 19.1 Å². The minimum Gasteiger partial charge on any atom is -0.465 e. The molecule has 5 heteroatoms. The number of aryl methyl sites for hydroxylation is 1. The van der Waals surface area contributed by atoms with Crippen LogP contribution in [0.1, 0.15) is 50.7 Å². The van der Waals surface area contributed by atoms with E-state index in [0.717, 1.165) is 36.8 Å². The molecule has 0 heterocycles. The van der Waals surface area contributed by atoms with Crippen molar-refractivity contribution in [2.45, 2.75) is 52.9 Å². The second-order valence-electron chi connectivity index (χ2n) is 5.51. The van der Waals surface area contributed by atoms with Gasteiger partial charge in [-0.05, 0) is 43.0 Å². The fraction of sp³-hybridized carbons (Fsp3) is 0.556. The molecule has 1 rings (SSSR count). The zero-order chi connectivity index (χ0) is 17.1. The number of amides is 1. The Morgan fingerprint density at radius 1 is 1.04 bits per heavy atom. The predicted octanol–water partition coefficient (Wildman–Crippen LogP) is 4.23. The van der Waals surface area contributed by atoms with Gasteiger partial charge in [-0.1, -0.05) is 32.8 Å². The van der Waals surface area contributed by atoms with E-state index in [4.69, 9.17) is 9.47 Å². The van der Waals surface area contributed by atoms with Crippen molar-refractivity contribution in [1.82, 2.24) is 0 Å². The average Bonchev–Trinajstić information content (AvgIpc) is 2.51. The number of unbranched alkanes of at least 4 members (excludes halogenated alkanes) is 2. The number of rotatable bonds is 9. The molecule has 0 aliphatic carbocycles. The average molecular weight is 321 g/mol. The molecule has 0 unspecified atom stereocenters. The Morgan fingerprint density at radius 3 is 2.35 bits per heavy atom. The molecule has 0 bridgehead atoms. The van der Waals surface area contributed by atoms with E-state index < -0.39 is 6.09 Å². The summed E-state index contributed by atoms with van der Waals surface area (Å²) < 4.78 is 10.2. The Kier molecular flexibility index (Phi) is 8.80. The summed E-state index contributed by atoms with van der Waals surface area (Å²) in [4.78, 5) is 23.5. The number of anilines is 1. The van der Waals surface area contributed by atoms with E-state index in [1.807, 2.05) is 26.8 Å². The number of carbonyl (C=O) groups excluding carboxylic acids is 2. The van der Waals surface area contributed by atoms with Crippen LogP contribution in [0.2, 0.25) is 0 Å². The first-order valence-corrected chi connectivity index (χ1v) is 8.25. The Labute approximate surface area is 138 Å². The van der Waals surface area contributed by atoms with Crippen LogP contribution in [0.4, 0.5) is 10.5 Å². The standard InChI is InChI=1S/C18H27NO4/c1-4-6-10-22-17(20)13-15-12-16(9-8-14(15)3)19-18(21)23-11-7-5-2/h8-9,12H,4-7,10-11,13H2,1-3H3,(H,19,21). The molecule has 1 N–H and O–H groups in total. The lowest BCUT2D eigenvalue weighted by atomic mass is 10.0. The summed E-state index contributed by atoms with van der Waals surface area (Å²) in [5.41, 5.74) is 2.45. The van der Waals surface area contributed by atoms with E-state index in [1.165, 1.54) is 0 Å². The Bertz CT molecular complexity index is 514. The molecule has 0 fully saturated rings. The summed E-state index contributed by atoms with van der Waals surface area (Å²) in [6.45, 7) is 6.87. The van der Waals surface area contributed by atoms with Gasteiger partial charge >= 0.3 is 12.1 Å². The van der Waals surface area contributed by atoms with Crippen molar-refractivity contribution in [2.24, 2.45) is 0 Å². The van der Waals surface area contributed by atoms with Gasteiger partial charge in [0.25, 0.3) is 0 Å². The Hall–Kier alpha value is -2.04. The van der Waals surface area contributed by atoms with Crippen LogP contribution >= 0.6 is 0 Å². The number of hydrogen-bond acceptors (Lipinski definition) is 4. The molecule has 0 aromatic heterocycles. The summed E-state index contributed by atoms with van der Waals surface area (Å²) >= 11 is 0. The molecule has 0 spiro atoms. The highest BCUT2D eigenvalue weighted by molar-refractivity contribution is 5.85. The molecular formula is C18H27NO4. The van der Waals surface area contributed by atoms with Gasteiger partial charge in [-0.15, -0.1) is 0 Å². The van der Waals surface area contributed by atoms with E-state index in [0.29, 0.717) is 18.9 Å². The van der Waals surface area contributed by atoms with Crippen LogP contribution in [-0.4, -0.2) is 25.3 Å². The molecule has 0 atom stereocenters. The lowest BCUT2D eigenvalue weighted by Crippen LogP contribution is -2.15. The first-order valence-electron chi connectivity index (χ1n) is 8.25. The third-order valence-corrected chi connectivity index (χ3v) is 3.42. The van der Waals surface area contributed by atoms with Crippen molar-refractivity contribution >= 4 is 17.7 Å². The highest BCUT2D eigenvalue weighted by Crippen LogP contribution is 2.17. The number of hydrogen-bond donors (Lipinski definition) is 1. The third kappa shape index (κ3) is 7.68. The summed E-state index contributed by atoms with van der Waals surface area (Å²) in [5, 5.41) is 2.68. The van der Waals surface area contributed by atoms with E-state index in [2.05, 4.69) is 5.32 Å². The number of ether oxygens (including phenoxy) is 2. The van der Waals surface area contributed by atoms with Crippen molar-refractivity contribution in [2.75, 3.05) is 18.5 Å². The number of carbonyl (C=O) groups is 2. The molecule has 0 aliphatic heterocycles. The van der Waals surface area contributed by atoms with E-state index in [1.54, 1.807) is 12.1 Å². The van der Waals surface area contributed by atoms with Gasteiger partial charge in [-0.3, -0.25) is 10.1 Å². The first kappa shape index (κ1) is 19.0. The van der Waals surface area contributed by atoms with Gasteiger partial charge in [0.2, 0.25) is 0 Å². The van der Waals surface area contributed by atoms with Gasteiger partial charge in [0.15, 0.2) is 0 Å². The largest absolute Gasteiger partial charge is 0.465 e. The number of esters is 1. The van der Waals surface area contributed by atoms with Crippen molar-refractivity contribution in [1.29, 1.82) is 0 Å². The van der Waals surface area contributed by atoms with Gasteiger partial charge in [0, 0.05) is 5.69 Å². The maximum atomic E-state index is 11.8. The van der Waals surface area contributed by atoms with E-state index in [9.17, 15) is 9.59 Å². The highest BCUT2D eigenvalue weighted by atomic mass is 16.5. The maximum Gasteiger partial charge on any atom is 0.411 e. The topological polar surface area (TPSA) is 64.6 Å². The van der Waals surface area contributed by atoms with Gasteiger partial charge < -0.3 is 9.47 Å². The summed E-state index contributed by atoms with van der Waals surface area (Å²) in [6, 6.07) is 5.45. The normalized spacial score (nSPS) is 10.2. The van der Waals surface area contributed by atoms with Gasteiger partial charge in [-0.25, -0.2) is 4.79 Å². The molecule has 0 radical (unpaired) electrons. The molecule has 23 heavy (non-hydrogen) atoms. The first-order chi connectivity index (χ1) is 11.1. The van der Waals surface area contributed by atoms with Gasteiger partial charge in [0.05, 0.1) is 19.6 Å². The molecule has 5 nitrogen and oxygen atoms in total. The van der Waals surface area contributed by atoms with Gasteiger partial charge in [-0.2, -0.15) is 0 Å². The Morgan fingerprint density at radius 2 is 1.70 bits per heavy atom. The van der Waals surface area contributed by atoms with Crippen molar-refractivity contribution in [3.63, 3.8) is 0 Å². The zero-order valence-corrected chi connectivity index (χ0v) is 14.3. The molecule has 1 aromatic rings. The fourth-order valence-electron chi connectivity index (χ4n) is 1.94. The smallest absolute Gasteiger partial charge is 0.411 e. The zero-order valence-electron chi connectivity index (χ0n) is 14.3. The molecule has 1 amide bonds. The number of benzene rings is 1. The summed E-state index contributed by atoms with van der Waals surface area (Å²) in [6.07, 6.45) is 3.41. The van der Waals surface area contributed by atoms with Crippen LogP contribution in [-0.2, 0) is 20.7 Å². The summed E-state index contributed by atoms with van der Waals surface area (Å²) in [7, 11) is 0. The van der Waals surface area contributed by atoms with Crippen LogP contribution < -0.4 is 5.32 Å². The lowest BCUT2D eigenvalue weighted by molar-refractivity contribution is -0.142. The van der Waals surface area contributed by atoms with Crippen LogP contribution in [0.5, 0.6) is 0 Å². The fourth-order valence-corrected chi connectivity index (χ4v) is 1.94. The highest BCUT2D eigenvalue weighted by Gasteiger charge is 2.10. The molecular weight excluding hydrogens is 294 g/mol. The van der Waals surface area contributed by atoms with E-state index >= 15 is 0 Å². The SMILES string of the molecule is CCCCOC(=O)Cc1cc(NC(=O)OCCCC)ccc1C. The third-order valence-electron chi connectivity index (χ3n) is 3.42. The van der Waals surface area contributed by atoms with Crippen LogP contribution in [0.3, 0.4) is 0 Å². The van der Waals surface area contributed by atoms with Crippen molar-refractivity contribution in [3.8, 4) is 0 Å². The minimum atomic E-state index is -0.473. The quantitative estimate of drug-likeness (QED) is 0.546. The molecule has 0 aliphatic rings. The minimum absolute atomic E-state index is 0.204.